The summed E-state index contributed by atoms with van der Waals surface area (Å²) in [5.74, 6) is 2.60. The van der Waals surface area contributed by atoms with Gasteiger partial charge in [-0.15, -0.1) is 0 Å². The van der Waals surface area contributed by atoms with E-state index in [0.29, 0.717) is 18.3 Å². The van der Waals surface area contributed by atoms with Crippen LogP contribution in [0.2, 0.25) is 0 Å². The topological polar surface area (TPSA) is 89.6 Å². The van der Waals surface area contributed by atoms with Crippen molar-refractivity contribution in [3.63, 3.8) is 0 Å². The number of hydrogen-bond donors (Lipinski definition) is 2. The zero-order valence-corrected chi connectivity index (χ0v) is 9.87. The van der Waals surface area contributed by atoms with E-state index in [1.807, 2.05) is 6.07 Å². The highest BCUT2D eigenvalue weighted by Gasteiger charge is 2.27. The molecule has 18 heavy (non-hydrogen) atoms. The van der Waals surface area contributed by atoms with Crippen LogP contribution in [0, 0.1) is 0 Å². The summed E-state index contributed by atoms with van der Waals surface area (Å²) in [6, 6.07) is 3.60. The lowest BCUT2D eigenvalue weighted by Crippen LogP contribution is -2.07. The molecule has 0 aliphatic heterocycles. The van der Waals surface area contributed by atoms with Gasteiger partial charge in [0.25, 0.3) is 0 Å². The third kappa shape index (κ3) is 2.53. The Morgan fingerprint density at radius 3 is 2.94 bits per heavy atom. The van der Waals surface area contributed by atoms with Gasteiger partial charge in [-0.25, -0.2) is 19.9 Å². The van der Waals surface area contributed by atoms with Crippen LogP contribution in [0.3, 0.4) is 0 Å². The van der Waals surface area contributed by atoms with E-state index in [2.05, 4.69) is 25.3 Å². The molecule has 0 amide bonds. The van der Waals surface area contributed by atoms with Gasteiger partial charge in [0.2, 0.25) is 0 Å². The third-order valence-corrected chi connectivity index (χ3v) is 2.80. The summed E-state index contributed by atoms with van der Waals surface area (Å²) in [5.41, 5.74) is 6.69. The fourth-order valence-electron chi connectivity index (χ4n) is 1.70. The molecule has 1 fully saturated rings. The van der Waals surface area contributed by atoms with Crippen LogP contribution < -0.4 is 11.1 Å². The molecule has 1 aliphatic rings. The smallest absolute Gasteiger partial charge is 0.136 e. The first kappa shape index (κ1) is 10.9. The number of rotatable bonds is 4. The van der Waals surface area contributed by atoms with Crippen LogP contribution >= 0.6 is 0 Å². The molecule has 6 heteroatoms. The number of nitrogens with zero attached hydrogens (tertiary/aromatic N) is 4. The number of hydrogen-bond acceptors (Lipinski definition) is 6. The lowest BCUT2D eigenvalue weighted by atomic mass is 10.3. The van der Waals surface area contributed by atoms with Crippen molar-refractivity contribution in [3.05, 3.63) is 36.2 Å². The molecule has 2 heterocycles. The summed E-state index contributed by atoms with van der Waals surface area (Å²) in [4.78, 5) is 16.7. The van der Waals surface area contributed by atoms with E-state index in [9.17, 15) is 0 Å². The van der Waals surface area contributed by atoms with Gasteiger partial charge in [0.15, 0.2) is 0 Å². The van der Waals surface area contributed by atoms with E-state index in [4.69, 9.17) is 5.73 Å². The molecular weight excluding hydrogens is 228 g/mol. The van der Waals surface area contributed by atoms with Gasteiger partial charge in [-0.3, -0.25) is 0 Å². The van der Waals surface area contributed by atoms with E-state index >= 15 is 0 Å². The summed E-state index contributed by atoms with van der Waals surface area (Å²) in [6.07, 6.45) is 5.57. The predicted octanol–water partition coefficient (Wildman–Crippen LogP) is 1.34. The summed E-state index contributed by atoms with van der Waals surface area (Å²) >= 11 is 0. The van der Waals surface area contributed by atoms with Crippen molar-refractivity contribution in [2.24, 2.45) is 0 Å². The molecule has 0 unspecified atom stereocenters. The second-order valence-corrected chi connectivity index (χ2v) is 4.36. The van der Waals surface area contributed by atoms with Gasteiger partial charge in [-0.05, 0) is 18.9 Å². The van der Waals surface area contributed by atoms with Gasteiger partial charge < -0.3 is 11.1 Å². The summed E-state index contributed by atoms with van der Waals surface area (Å²) in [7, 11) is 0. The van der Waals surface area contributed by atoms with Crippen molar-refractivity contribution in [2.75, 3.05) is 11.1 Å². The van der Waals surface area contributed by atoms with Crippen LogP contribution in [0.5, 0.6) is 0 Å². The molecule has 3 rings (SSSR count). The minimum Gasteiger partial charge on any atom is -0.384 e. The lowest BCUT2D eigenvalue weighted by molar-refractivity contribution is 0.919. The summed E-state index contributed by atoms with van der Waals surface area (Å²) in [6.45, 7) is 0.600. The number of nitrogens with one attached hydrogen (secondary N) is 1. The SMILES string of the molecule is Nc1cc(NCc2ccncn2)nc(C2CC2)n1. The fourth-order valence-corrected chi connectivity index (χ4v) is 1.70. The van der Waals surface area contributed by atoms with Crippen LogP contribution in [-0.2, 0) is 6.54 Å². The number of nitrogens with two attached hydrogens (primary N) is 1. The Bertz CT molecular complexity index is 538. The number of aromatic nitrogens is 4. The second-order valence-electron chi connectivity index (χ2n) is 4.36. The Labute approximate surface area is 105 Å². The van der Waals surface area contributed by atoms with Crippen molar-refractivity contribution in [3.8, 4) is 0 Å². The standard InChI is InChI=1S/C12H14N6/c13-10-5-11(18-12(17-10)8-1-2-8)15-6-9-3-4-14-7-16-9/h3-5,7-8H,1-2,6H2,(H3,13,15,17,18). The van der Waals surface area contributed by atoms with Gasteiger partial charge in [0.05, 0.1) is 12.2 Å². The molecular formula is C12H14N6. The predicted molar refractivity (Wildman–Crippen MR) is 67.8 cm³/mol. The average Bonchev–Trinajstić information content (AvgIpc) is 3.21. The molecule has 1 aliphatic carbocycles. The molecule has 0 saturated heterocycles. The Kier molecular flexibility index (Phi) is 2.76. The zero-order chi connectivity index (χ0) is 12.4. The van der Waals surface area contributed by atoms with Crippen molar-refractivity contribution in [1.82, 2.24) is 19.9 Å². The summed E-state index contributed by atoms with van der Waals surface area (Å²) in [5, 5.41) is 3.20. The first-order valence-corrected chi connectivity index (χ1v) is 5.94. The zero-order valence-electron chi connectivity index (χ0n) is 9.87. The maximum atomic E-state index is 5.78. The van der Waals surface area contributed by atoms with Gasteiger partial charge in [0.1, 0.15) is 23.8 Å². The van der Waals surface area contributed by atoms with E-state index in [0.717, 1.165) is 30.2 Å². The molecule has 0 bridgehead atoms. The van der Waals surface area contributed by atoms with E-state index in [-0.39, 0.29) is 0 Å². The van der Waals surface area contributed by atoms with Crippen molar-refractivity contribution < 1.29 is 0 Å². The first-order valence-electron chi connectivity index (χ1n) is 5.94. The third-order valence-electron chi connectivity index (χ3n) is 2.80. The van der Waals surface area contributed by atoms with E-state index in [1.54, 1.807) is 12.3 Å². The Morgan fingerprint density at radius 1 is 1.33 bits per heavy atom. The van der Waals surface area contributed by atoms with Crippen LogP contribution in [-0.4, -0.2) is 19.9 Å². The maximum Gasteiger partial charge on any atom is 0.136 e. The van der Waals surface area contributed by atoms with Gasteiger partial charge in [-0.2, -0.15) is 0 Å². The Balaban J connectivity index is 1.72. The summed E-state index contributed by atoms with van der Waals surface area (Å²) < 4.78 is 0. The molecule has 2 aromatic rings. The highest BCUT2D eigenvalue weighted by Crippen LogP contribution is 2.38. The van der Waals surface area contributed by atoms with Gasteiger partial charge in [0, 0.05) is 18.2 Å². The van der Waals surface area contributed by atoms with Crippen molar-refractivity contribution in [1.29, 1.82) is 0 Å². The molecule has 6 nitrogen and oxygen atoms in total. The highest BCUT2D eigenvalue weighted by molar-refractivity contribution is 5.45. The first-order chi connectivity index (χ1) is 8.81. The highest BCUT2D eigenvalue weighted by atomic mass is 15.1. The second kappa shape index (κ2) is 4.56. The molecule has 3 N–H and O–H groups in total. The normalized spacial score (nSPS) is 14.4. The van der Waals surface area contributed by atoms with Crippen molar-refractivity contribution >= 4 is 11.6 Å². The lowest BCUT2D eigenvalue weighted by Gasteiger charge is -2.07. The van der Waals surface area contributed by atoms with Crippen LogP contribution in [0.25, 0.3) is 0 Å². The minimum atomic E-state index is 0.494. The fraction of sp³-hybridized carbons (Fsp3) is 0.333. The van der Waals surface area contributed by atoms with Crippen LogP contribution in [0.15, 0.2) is 24.7 Å². The molecule has 1 saturated carbocycles. The van der Waals surface area contributed by atoms with E-state index < -0.39 is 0 Å². The van der Waals surface area contributed by atoms with Gasteiger partial charge in [-0.1, -0.05) is 0 Å². The monoisotopic (exact) mass is 242 g/mol. The Morgan fingerprint density at radius 2 is 2.22 bits per heavy atom. The van der Waals surface area contributed by atoms with Crippen molar-refractivity contribution in [2.45, 2.75) is 25.3 Å². The average molecular weight is 242 g/mol. The molecule has 0 aromatic carbocycles. The van der Waals surface area contributed by atoms with Crippen LogP contribution in [0.4, 0.5) is 11.6 Å². The minimum absolute atomic E-state index is 0.494. The molecule has 2 aromatic heterocycles. The van der Waals surface area contributed by atoms with E-state index in [1.165, 1.54) is 6.33 Å². The Hall–Kier alpha value is -2.24. The maximum absolute atomic E-state index is 5.78. The molecule has 0 radical (unpaired) electrons. The molecule has 92 valence electrons. The quantitative estimate of drug-likeness (QED) is 0.840. The molecule has 0 spiro atoms. The molecule has 0 atom stereocenters. The number of anilines is 2. The largest absolute Gasteiger partial charge is 0.384 e. The van der Waals surface area contributed by atoms with Crippen LogP contribution in [0.1, 0.15) is 30.3 Å². The van der Waals surface area contributed by atoms with Gasteiger partial charge >= 0.3 is 0 Å². The number of nitrogen functional groups attached to an aromatic ring is 1.